The molecule has 1 saturated heterocycles. The van der Waals surface area contributed by atoms with E-state index >= 15 is 0 Å². The second-order valence-electron chi connectivity index (χ2n) is 6.26. The lowest BCUT2D eigenvalue weighted by Gasteiger charge is -2.38. The van der Waals surface area contributed by atoms with Gasteiger partial charge in [-0.2, -0.15) is 0 Å². The predicted molar refractivity (Wildman–Crippen MR) is 68.1 cm³/mol. The lowest BCUT2D eigenvalue weighted by molar-refractivity contribution is -0.0713. The van der Waals surface area contributed by atoms with Crippen LogP contribution in [0.5, 0.6) is 0 Å². The highest BCUT2D eigenvalue weighted by Crippen LogP contribution is 2.36. The fraction of sp³-hybridized carbons (Fsp3) is 1.00. The Balaban J connectivity index is 2.34. The smallest absolute Gasteiger partial charge is 0.192 e. The Morgan fingerprint density at radius 1 is 1.31 bits per heavy atom. The van der Waals surface area contributed by atoms with E-state index in [2.05, 4.69) is 33.9 Å². The van der Waals surface area contributed by atoms with E-state index in [-0.39, 0.29) is 17.2 Å². The number of hydrogen-bond donors (Lipinski definition) is 1. The van der Waals surface area contributed by atoms with Gasteiger partial charge in [-0.05, 0) is 31.0 Å². The van der Waals surface area contributed by atoms with Gasteiger partial charge in [0.05, 0.1) is 25.4 Å². The molecule has 1 fully saturated rings. The normalized spacial score (nSPS) is 28.1. The third-order valence-corrected chi connectivity index (χ3v) is 8.28. The van der Waals surface area contributed by atoms with Gasteiger partial charge in [0, 0.05) is 0 Å². The molecule has 1 aliphatic rings. The van der Waals surface area contributed by atoms with Crippen molar-refractivity contribution in [2.45, 2.75) is 64.0 Å². The zero-order valence-corrected chi connectivity index (χ0v) is 12.2. The molecule has 3 nitrogen and oxygen atoms in total. The first-order valence-corrected chi connectivity index (χ1v) is 9.07. The quantitative estimate of drug-likeness (QED) is 0.778. The zero-order valence-electron chi connectivity index (χ0n) is 11.2. The molecule has 0 saturated carbocycles. The molecular weight excluding hydrogens is 220 g/mol. The highest BCUT2D eigenvalue weighted by Gasteiger charge is 2.37. The summed E-state index contributed by atoms with van der Waals surface area (Å²) < 4.78 is 11.6. The maximum absolute atomic E-state index is 9.33. The fourth-order valence-corrected chi connectivity index (χ4v) is 2.48. The van der Waals surface area contributed by atoms with Crippen LogP contribution < -0.4 is 0 Å². The largest absolute Gasteiger partial charge is 0.414 e. The Kier molecular flexibility index (Phi) is 4.57. The Hall–Kier alpha value is 0.0969. The van der Waals surface area contributed by atoms with E-state index in [0.717, 1.165) is 12.8 Å². The van der Waals surface area contributed by atoms with Crippen molar-refractivity contribution < 1.29 is 14.3 Å². The highest BCUT2D eigenvalue weighted by molar-refractivity contribution is 6.74. The number of aliphatic hydroxyl groups excluding tert-OH is 1. The molecule has 0 bridgehead atoms. The molecule has 96 valence electrons. The molecule has 0 amide bonds. The third kappa shape index (κ3) is 3.84. The Morgan fingerprint density at radius 2 is 1.94 bits per heavy atom. The molecule has 0 aromatic rings. The molecule has 1 heterocycles. The van der Waals surface area contributed by atoms with Crippen LogP contribution in [-0.4, -0.2) is 38.8 Å². The summed E-state index contributed by atoms with van der Waals surface area (Å²) in [7, 11) is -1.65. The van der Waals surface area contributed by atoms with Crippen LogP contribution in [-0.2, 0) is 9.16 Å². The summed E-state index contributed by atoms with van der Waals surface area (Å²) in [5.74, 6) is 0. The van der Waals surface area contributed by atoms with Gasteiger partial charge in [0.15, 0.2) is 8.32 Å². The van der Waals surface area contributed by atoms with Gasteiger partial charge in [-0.1, -0.05) is 20.8 Å². The Morgan fingerprint density at radius 3 is 2.38 bits per heavy atom. The highest BCUT2D eigenvalue weighted by atomic mass is 28.4. The molecule has 1 aliphatic heterocycles. The first-order chi connectivity index (χ1) is 7.22. The average Bonchev–Trinajstić information content (AvgIpc) is 2.15. The van der Waals surface area contributed by atoms with Crippen molar-refractivity contribution in [3.8, 4) is 0 Å². The number of ether oxygens (including phenoxy) is 1. The van der Waals surface area contributed by atoms with Crippen molar-refractivity contribution in [3.63, 3.8) is 0 Å². The summed E-state index contributed by atoms with van der Waals surface area (Å²) in [6.07, 6.45) is 1.66. The van der Waals surface area contributed by atoms with Gasteiger partial charge in [0.1, 0.15) is 0 Å². The molecule has 16 heavy (non-hydrogen) atoms. The minimum absolute atomic E-state index is 0.178. The molecule has 0 aliphatic carbocycles. The Bertz CT molecular complexity index is 215. The van der Waals surface area contributed by atoms with E-state index in [0.29, 0.717) is 13.2 Å². The fourth-order valence-electron chi connectivity index (χ4n) is 1.44. The van der Waals surface area contributed by atoms with Crippen LogP contribution in [0.25, 0.3) is 0 Å². The third-order valence-electron chi connectivity index (χ3n) is 3.78. The van der Waals surface area contributed by atoms with E-state index in [9.17, 15) is 5.11 Å². The minimum Gasteiger partial charge on any atom is -0.414 e. The molecule has 0 spiro atoms. The summed E-state index contributed by atoms with van der Waals surface area (Å²) in [5, 5.41) is 9.58. The molecular formula is C12H26O3Si. The van der Waals surface area contributed by atoms with E-state index in [4.69, 9.17) is 9.16 Å². The van der Waals surface area contributed by atoms with Crippen molar-refractivity contribution >= 4 is 8.32 Å². The van der Waals surface area contributed by atoms with Crippen molar-refractivity contribution in [2.75, 3.05) is 13.2 Å². The molecule has 1 rings (SSSR count). The SMILES string of the molecule is CC(C)(C)[Si](C)(C)OC[C@@H]1CC[C@@H](O)CO1. The number of hydrogen-bond acceptors (Lipinski definition) is 3. The van der Waals surface area contributed by atoms with Gasteiger partial charge in [-0.25, -0.2) is 0 Å². The molecule has 0 aromatic heterocycles. The minimum atomic E-state index is -1.65. The summed E-state index contributed by atoms with van der Waals surface area (Å²) in [4.78, 5) is 0. The Labute approximate surface area is 100 Å². The molecule has 0 aromatic carbocycles. The lowest BCUT2D eigenvalue weighted by atomic mass is 10.1. The van der Waals surface area contributed by atoms with Crippen molar-refractivity contribution in [2.24, 2.45) is 0 Å². The summed E-state index contributed by atoms with van der Waals surface area (Å²) >= 11 is 0. The van der Waals surface area contributed by atoms with Crippen LogP contribution in [0.4, 0.5) is 0 Å². The van der Waals surface area contributed by atoms with E-state index in [1.807, 2.05) is 0 Å². The van der Waals surface area contributed by atoms with Crippen LogP contribution >= 0.6 is 0 Å². The van der Waals surface area contributed by atoms with Gasteiger partial charge in [0.2, 0.25) is 0 Å². The van der Waals surface area contributed by atoms with Crippen LogP contribution in [0.3, 0.4) is 0 Å². The van der Waals surface area contributed by atoms with Gasteiger partial charge >= 0.3 is 0 Å². The summed E-state index contributed by atoms with van der Waals surface area (Å²) in [6, 6.07) is 0. The maximum Gasteiger partial charge on any atom is 0.192 e. The first kappa shape index (κ1) is 14.2. The molecule has 1 N–H and O–H groups in total. The topological polar surface area (TPSA) is 38.7 Å². The van der Waals surface area contributed by atoms with Crippen molar-refractivity contribution in [1.29, 1.82) is 0 Å². The van der Waals surface area contributed by atoms with Crippen LogP contribution in [0, 0.1) is 0 Å². The van der Waals surface area contributed by atoms with Gasteiger partial charge in [0.25, 0.3) is 0 Å². The second-order valence-corrected chi connectivity index (χ2v) is 11.1. The predicted octanol–water partition coefficient (Wildman–Crippen LogP) is 2.55. The van der Waals surface area contributed by atoms with Gasteiger partial charge < -0.3 is 14.3 Å². The van der Waals surface area contributed by atoms with Crippen molar-refractivity contribution in [3.05, 3.63) is 0 Å². The van der Waals surface area contributed by atoms with Gasteiger partial charge in [-0.15, -0.1) is 0 Å². The summed E-state index contributed by atoms with van der Waals surface area (Å²) in [5.41, 5.74) is 0. The van der Waals surface area contributed by atoms with Gasteiger partial charge in [-0.3, -0.25) is 0 Å². The molecule has 2 atom stereocenters. The van der Waals surface area contributed by atoms with Crippen molar-refractivity contribution in [1.82, 2.24) is 0 Å². The first-order valence-electron chi connectivity index (χ1n) is 6.16. The monoisotopic (exact) mass is 246 g/mol. The van der Waals surface area contributed by atoms with E-state index < -0.39 is 8.32 Å². The lowest BCUT2D eigenvalue weighted by Crippen LogP contribution is -2.44. The maximum atomic E-state index is 9.33. The zero-order chi connectivity index (χ0) is 12.4. The number of rotatable bonds is 3. The second kappa shape index (κ2) is 5.17. The average molecular weight is 246 g/mol. The van der Waals surface area contributed by atoms with Crippen LogP contribution in [0.1, 0.15) is 33.6 Å². The molecule has 0 radical (unpaired) electrons. The summed E-state index contributed by atoms with van der Waals surface area (Å²) in [6.45, 7) is 12.4. The molecule has 4 heteroatoms. The standard InChI is InChI=1S/C12H26O3Si/c1-12(2,3)16(4,5)15-9-11-7-6-10(13)8-14-11/h10-11,13H,6-9H2,1-5H3/t10-,11+/m1/s1. The van der Waals surface area contributed by atoms with Crippen LogP contribution in [0.2, 0.25) is 18.1 Å². The van der Waals surface area contributed by atoms with E-state index in [1.54, 1.807) is 0 Å². The van der Waals surface area contributed by atoms with E-state index in [1.165, 1.54) is 0 Å². The number of aliphatic hydroxyl groups is 1. The van der Waals surface area contributed by atoms with Crippen LogP contribution in [0.15, 0.2) is 0 Å². The molecule has 0 unspecified atom stereocenters.